The standard InChI is InChI=1S/C5H7IN3O2P/c1-11-5(10)4-3(7)2-8-9(4)12-6/h2,12H,7H2,1H3. The molecule has 0 fully saturated rings. The number of hydrogen-bond donors (Lipinski definition) is 1. The van der Waals surface area contributed by atoms with Crippen molar-refractivity contribution in [3.63, 3.8) is 0 Å². The van der Waals surface area contributed by atoms with Gasteiger partial charge in [-0.2, -0.15) is 5.10 Å². The number of hydrogen-bond acceptors (Lipinski definition) is 4. The number of carbonyl (C=O) groups is 1. The highest BCUT2D eigenvalue weighted by molar-refractivity contribution is 14.2. The Kier molecular flexibility index (Phi) is 3.28. The van der Waals surface area contributed by atoms with Crippen LogP contribution >= 0.6 is 28.4 Å². The summed E-state index contributed by atoms with van der Waals surface area (Å²) in [7, 11) is 1.31. The fourth-order valence-corrected chi connectivity index (χ4v) is 2.23. The molecule has 0 radical (unpaired) electrons. The Bertz CT molecular complexity index is 301. The van der Waals surface area contributed by atoms with E-state index in [4.69, 9.17) is 5.73 Å². The number of nitrogen functional groups attached to an aromatic ring is 1. The third-order valence-corrected chi connectivity index (χ3v) is 3.13. The van der Waals surface area contributed by atoms with Crippen LogP contribution < -0.4 is 5.73 Å². The predicted molar refractivity (Wildman–Crippen MR) is 55.7 cm³/mol. The molecule has 7 heteroatoms. The average molecular weight is 299 g/mol. The minimum Gasteiger partial charge on any atom is -0.464 e. The van der Waals surface area contributed by atoms with Gasteiger partial charge in [0.05, 0.1) is 25.4 Å². The maximum atomic E-state index is 11.1. The molecule has 1 aromatic heterocycles. The second-order valence-electron chi connectivity index (χ2n) is 1.94. The highest BCUT2D eigenvalue weighted by Crippen LogP contribution is 2.27. The van der Waals surface area contributed by atoms with Crippen LogP contribution in [0.5, 0.6) is 0 Å². The van der Waals surface area contributed by atoms with Crippen LogP contribution in [0.4, 0.5) is 5.69 Å². The summed E-state index contributed by atoms with van der Waals surface area (Å²) in [5.74, 6) is -0.450. The molecule has 1 aromatic rings. The van der Waals surface area contributed by atoms with Crippen molar-refractivity contribution in [2.24, 2.45) is 0 Å². The quantitative estimate of drug-likeness (QED) is 0.503. The maximum Gasteiger partial charge on any atom is 0.358 e. The van der Waals surface area contributed by atoms with E-state index in [0.717, 1.165) is 0 Å². The third kappa shape index (κ3) is 1.69. The SMILES string of the molecule is COC(=O)c1c(N)cnn1PI. The normalized spacial score (nSPS) is 10.8. The Morgan fingerprint density at radius 1 is 1.92 bits per heavy atom. The molecule has 0 saturated heterocycles. The first-order valence-electron chi connectivity index (χ1n) is 2.99. The van der Waals surface area contributed by atoms with Gasteiger partial charge in [0.15, 0.2) is 5.69 Å². The predicted octanol–water partition coefficient (Wildman–Crippen LogP) is 1.04. The number of ether oxygens (including phenoxy) is 1. The lowest BCUT2D eigenvalue weighted by molar-refractivity contribution is 0.0593. The molecule has 0 aromatic carbocycles. The van der Waals surface area contributed by atoms with Crippen LogP contribution in [-0.2, 0) is 4.74 Å². The van der Waals surface area contributed by atoms with Gasteiger partial charge in [-0.25, -0.2) is 9.25 Å². The number of aromatic nitrogens is 2. The maximum absolute atomic E-state index is 11.1. The van der Waals surface area contributed by atoms with Crippen LogP contribution in [0, 0.1) is 0 Å². The summed E-state index contributed by atoms with van der Waals surface area (Å²) in [6, 6.07) is 0. The summed E-state index contributed by atoms with van der Waals surface area (Å²) < 4.78 is 6.05. The Hall–Kier alpha value is -0.360. The van der Waals surface area contributed by atoms with Gasteiger partial charge in [0.2, 0.25) is 0 Å². The molecule has 0 aliphatic rings. The van der Waals surface area contributed by atoms with Crippen molar-refractivity contribution >= 4 is 40.1 Å². The zero-order chi connectivity index (χ0) is 9.14. The minimum atomic E-state index is -0.450. The number of methoxy groups -OCH3 is 1. The number of halogens is 1. The molecule has 0 aliphatic heterocycles. The van der Waals surface area contributed by atoms with E-state index in [9.17, 15) is 4.79 Å². The lowest BCUT2D eigenvalue weighted by atomic mass is 10.4. The summed E-state index contributed by atoms with van der Waals surface area (Å²) in [6.45, 7) is 0. The Labute approximate surface area is 84.0 Å². The van der Waals surface area contributed by atoms with E-state index in [0.29, 0.717) is 17.8 Å². The molecule has 12 heavy (non-hydrogen) atoms. The second kappa shape index (κ2) is 4.04. The molecule has 0 spiro atoms. The largest absolute Gasteiger partial charge is 0.464 e. The monoisotopic (exact) mass is 299 g/mol. The van der Waals surface area contributed by atoms with E-state index in [1.807, 2.05) is 0 Å². The van der Waals surface area contributed by atoms with Crippen molar-refractivity contribution in [1.82, 2.24) is 9.55 Å². The number of esters is 1. The number of nitrogens with two attached hydrogens (primary N) is 1. The van der Waals surface area contributed by atoms with Crippen LogP contribution in [0.25, 0.3) is 0 Å². The van der Waals surface area contributed by atoms with Crippen molar-refractivity contribution in [1.29, 1.82) is 0 Å². The lowest BCUT2D eigenvalue weighted by Crippen LogP contribution is -2.08. The van der Waals surface area contributed by atoms with Crippen molar-refractivity contribution in [2.45, 2.75) is 0 Å². The third-order valence-electron chi connectivity index (χ3n) is 1.26. The number of rotatable bonds is 2. The Morgan fingerprint density at radius 3 is 3.08 bits per heavy atom. The smallest absolute Gasteiger partial charge is 0.358 e. The van der Waals surface area contributed by atoms with Gasteiger partial charge < -0.3 is 10.5 Å². The number of nitrogens with zero attached hydrogens (tertiary/aromatic N) is 2. The molecule has 66 valence electrons. The fraction of sp³-hybridized carbons (Fsp3) is 0.200. The first kappa shape index (κ1) is 9.73. The molecule has 0 amide bonds. The summed E-state index contributed by atoms with van der Waals surface area (Å²) in [5, 5.41) is 3.90. The van der Waals surface area contributed by atoms with E-state index in [1.54, 1.807) is 0 Å². The average Bonchev–Trinajstić information content (AvgIpc) is 2.45. The zero-order valence-electron chi connectivity index (χ0n) is 6.24. The van der Waals surface area contributed by atoms with Crippen LogP contribution in [0.3, 0.4) is 0 Å². The van der Waals surface area contributed by atoms with Gasteiger partial charge in [-0.1, -0.05) is 0 Å². The molecule has 1 atom stereocenters. The van der Waals surface area contributed by atoms with Crippen LogP contribution in [0.2, 0.25) is 0 Å². The number of carbonyl (C=O) groups excluding carboxylic acids is 1. The van der Waals surface area contributed by atoms with Gasteiger partial charge in [-0.3, -0.25) is 0 Å². The van der Waals surface area contributed by atoms with Crippen LogP contribution in [0.1, 0.15) is 10.5 Å². The molecule has 5 nitrogen and oxygen atoms in total. The summed E-state index contributed by atoms with van der Waals surface area (Å²) in [6.07, 6.45) is 1.78. The van der Waals surface area contributed by atoms with Gasteiger partial charge in [-0.15, -0.1) is 0 Å². The molecular weight excluding hydrogens is 292 g/mol. The second-order valence-corrected chi connectivity index (χ2v) is 3.98. The van der Waals surface area contributed by atoms with E-state index in [2.05, 4.69) is 31.9 Å². The Balaban J connectivity index is 3.10. The van der Waals surface area contributed by atoms with E-state index < -0.39 is 5.97 Å². The molecular formula is C5H7IN3O2P. The molecule has 2 N–H and O–H groups in total. The topological polar surface area (TPSA) is 70.1 Å². The Morgan fingerprint density at radius 2 is 2.58 bits per heavy atom. The van der Waals surface area contributed by atoms with Crippen molar-refractivity contribution in [3.05, 3.63) is 11.9 Å². The van der Waals surface area contributed by atoms with Crippen LogP contribution in [0.15, 0.2) is 6.20 Å². The van der Waals surface area contributed by atoms with E-state index >= 15 is 0 Å². The zero-order valence-corrected chi connectivity index (χ0v) is 9.40. The molecule has 1 rings (SSSR count). The van der Waals surface area contributed by atoms with Crippen LogP contribution in [-0.4, -0.2) is 22.6 Å². The van der Waals surface area contributed by atoms with Crippen molar-refractivity contribution < 1.29 is 9.53 Å². The first-order valence-corrected chi connectivity index (χ1v) is 7.05. The van der Waals surface area contributed by atoms with E-state index in [1.165, 1.54) is 17.8 Å². The van der Waals surface area contributed by atoms with Gasteiger partial charge >= 0.3 is 5.97 Å². The van der Waals surface area contributed by atoms with Crippen molar-refractivity contribution in [2.75, 3.05) is 12.8 Å². The highest BCUT2D eigenvalue weighted by Gasteiger charge is 2.16. The van der Waals surface area contributed by atoms with Gasteiger partial charge in [0.1, 0.15) is 0 Å². The minimum absolute atomic E-state index is 0.324. The summed E-state index contributed by atoms with van der Waals surface area (Å²) >= 11 is 2.11. The van der Waals surface area contributed by atoms with Gasteiger partial charge in [0, 0.05) is 0 Å². The lowest BCUT2D eigenvalue weighted by Gasteiger charge is -2.01. The van der Waals surface area contributed by atoms with Gasteiger partial charge in [0.25, 0.3) is 0 Å². The van der Waals surface area contributed by atoms with E-state index in [-0.39, 0.29) is 0 Å². The summed E-state index contributed by atoms with van der Waals surface area (Å²) in [5.41, 5.74) is 6.19. The fourth-order valence-electron chi connectivity index (χ4n) is 0.726. The molecule has 1 heterocycles. The van der Waals surface area contributed by atoms with Crippen molar-refractivity contribution in [3.8, 4) is 0 Å². The van der Waals surface area contributed by atoms with Gasteiger partial charge in [-0.05, 0) is 22.0 Å². The molecule has 0 bridgehead atoms. The molecule has 0 aliphatic carbocycles. The number of anilines is 1. The first-order chi connectivity index (χ1) is 5.70. The molecule has 0 saturated carbocycles. The highest BCUT2D eigenvalue weighted by atomic mass is 127. The molecule has 1 unspecified atom stereocenters. The summed E-state index contributed by atoms with van der Waals surface area (Å²) in [4.78, 5) is 11.1.